The molecule has 4 rings (SSSR count). The topological polar surface area (TPSA) is 49.9 Å². The second-order valence-electron chi connectivity index (χ2n) is 7.28. The van der Waals surface area contributed by atoms with Crippen LogP contribution in [0, 0.1) is 0 Å². The van der Waals surface area contributed by atoms with Crippen molar-refractivity contribution in [2.24, 2.45) is 0 Å². The van der Waals surface area contributed by atoms with Crippen LogP contribution in [-0.4, -0.2) is 54.0 Å². The first-order valence-electron chi connectivity index (χ1n) is 9.76. The molecule has 0 N–H and O–H groups in total. The lowest BCUT2D eigenvalue weighted by Gasteiger charge is -2.31. The summed E-state index contributed by atoms with van der Waals surface area (Å²) in [4.78, 5) is 31.3. The molecule has 2 aliphatic heterocycles. The van der Waals surface area contributed by atoms with Gasteiger partial charge in [-0.25, -0.2) is 0 Å². The first-order valence-corrected chi connectivity index (χ1v) is 10.6. The van der Waals surface area contributed by atoms with Crippen molar-refractivity contribution in [1.82, 2.24) is 9.80 Å². The Morgan fingerprint density at radius 2 is 1.65 bits per heavy atom. The molecule has 140 valence electrons. The standard InChI is InChI=1S/C20H26N2O3S/c23-19-17(16-9-6-14-26-16)18(21-10-12-25-13-11-21)20(24)22(19)15-7-4-2-1-3-5-8-15/h6,9,14-15H,1-5,7-8,10-13H2. The van der Waals surface area contributed by atoms with Crippen molar-refractivity contribution in [2.75, 3.05) is 26.3 Å². The monoisotopic (exact) mass is 374 g/mol. The zero-order valence-electron chi connectivity index (χ0n) is 15.1. The van der Waals surface area contributed by atoms with Crippen molar-refractivity contribution < 1.29 is 14.3 Å². The summed E-state index contributed by atoms with van der Waals surface area (Å²) in [5.41, 5.74) is 1.21. The smallest absolute Gasteiger partial charge is 0.278 e. The molecule has 0 radical (unpaired) electrons. The van der Waals surface area contributed by atoms with Gasteiger partial charge in [-0.1, -0.05) is 38.2 Å². The average molecular weight is 375 g/mol. The second kappa shape index (κ2) is 7.92. The van der Waals surface area contributed by atoms with E-state index in [2.05, 4.69) is 4.90 Å². The van der Waals surface area contributed by atoms with Crippen LogP contribution in [0.25, 0.3) is 5.57 Å². The lowest BCUT2D eigenvalue weighted by molar-refractivity contribution is -0.141. The lowest BCUT2D eigenvalue weighted by atomic mass is 9.95. The normalized spacial score (nSPS) is 23.5. The SMILES string of the molecule is O=C1C(c2cccs2)=C(N2CCOCC2)C(=O)N1C1CCCCCCC1. The second-order valence-corrected chi connectivity index (χ2v) is 8.23. The Balaban J connectivity index is 1.68. The van der Waals surface area contributed by atoms with E-state index in [1.54, 1.807) is 4.90 Å². The summed E-state index contributed by atoms with van der Waals surface area (Å²) in [5.74, 6) is -0.185. The van der Waals surface area contributed by atoms with Crippen LogP contribution in [0.15, 0.2) is 23.2 Å². The molecule has 1 aliphatic carbocycles. The van der Waals surface area contributed by atoms with Gasteiger partial charge in [0.15, 0.2) is 0 Å². The molecular weight excluding hydrogens is 348 g/mol. The Labute approximate surface area is 158 Å². The van der Waals surface area contributed by atoms with Crippen LogP contribution in [0.5, 0.6) is 0 Å². The molecule has 1 aromatic heterocycles. The number of ether oxygens (including phenoxy) is 1. The van der Waals surface area contributed by atoms with E-state index >= 15 is 0 Å². The average Bonchev–Trinajstić information content (AvgIpc) is 3.23. The summed E-state index contributed by atoms with van der Waals surface area (Å²) in [6.45, 7) is 2.54. The third-order valence-electron chi connectivity index (χ3n) is 5.63. The highest BCUT2D eigenvalue weighted by atomic mass is 32.1. The number of nitrogens with zero attached hydrogens (tertiary/aromatic N) is 2. The molecule has 1 aromatic rings. The molecule has 0 bridgehead atoms. The zero-order valence-corrected chi connectivity index (χ0v) is 15.9. The summed E-state index contributed by atoms with van der Waals surface area (Å²) in [6.07, 6.45) is 7.75. The van der Waals surface area contributed by atoms with Gasteiger partial charge in [0, 0.05) is 24.0 Å². The van der Waals surface area contributed by atoms with Crippen molar-refractivity contribution in [3.8, 4) is 0 Å². The fraction of sp³-hybridized carbons (Fsp3) is 0.600. The number of carbonyl (C=O) groups is 2. The maximum absolute atomic E-state index is 13.4. The maximum atomic E-state index is 13.4. The van der Waals surface area contributed by atoms with E-state index in [4.69, 9.17) is 4.74 Å². The van der Waals surface area contributed by atoms with Crippen LogP contribution in [0.4, 0.5) is 0 Å². The van der Waals surface area contributed by atoms with Gasteiger partial charge < -0.3 is 9.64 Å². The zero-order chi connectivity index (χ0) is 17.9. The van der Waals surface area contributed by atoms with Crippen LogP contribution in [0.1, 0.15) is 49.8 Å². The van der Waals surface area contributed by atoms with Crippen molar-refractivity contribution in [3.05, 3.63) is 28.1 Å². The third kappa shape index (κ3) is 3.32. The highest BCUT2D eigenvalue weighted by Crippen LogP contribution is 2.37. The quantitative estimate of drug-likeness (QED) is 0.762. The van der Waals surface area contributed by atoms with Crippen LogP contribution in [-0.2, 0) is 14.3 Å². The van der Waals surface area contributed by atoms with Crippen LogP contribution < -0.4 is 0 Å². The van der Waals surface area contributed by atoms with E-state index in [9.17, 15) is 9.59 Å². The number of thiophene rings is 1. The Morgan fingerprint density at radius 1 is 0.962 bits per heavy atom. The van der Waals surface area contributed by atoms with Crippen molar-refractivity contribution in [2.45, 2.75) is 51.0 Å². The van der Waals surface area contributed by atoms with Gasteiger partial charge in [0.25, 0.3) is 11.8 Å². The molecule has 5 nitrogen and oxygen atoms in total. The first kappa shape index (κ1) is 17.7. The molecule has 2 fully saturated rings. The van der Waals surface area contributed by atoms with E-state index < -0.39 is 0 Å². The molecule has 1 saturated heterocycles. The molecular formula is C20H26N2O3S. The number of imide groups is 1. The summed E-state index contributed by atoms with van der Waals surface area (Å²) in [7, 11) is 0. The van der Waals surface area contributed by atoms with E-state index in [-0.39, 0.29) is 17.9 Å². The number of morpholine rings is 1. The minimum Gasteiger partial charge on any atom is -0.378 e. The molecule has 3 heterocycles. The molecule has 0 atom stereocenters. The number of hydrogen-bond acceptors (Lipinski definition) is 5. The number of carbonyl (C=O) groups excluding carboxylic acids is 2. The van der Waals surface area contributed by atoms with Gasteiger partial charge in [-0.15, -0.1) is 11.3 Å². The Kier molecular flexibility index (Phi) is 5.41. The van der Waals surface area contributed by atoms with Crippen molar-refractivity contribution >= 4 is 28.7 Å². The molecule has 0 spiro atoms. The third-order valence-corrected chi connectivity index (χ3v) is 6.51. The number of amides is 2. The van der Waals surface area contributed by atoms with Crippen LogP contribution in [0.3, 0.4) is 0 Å². The maximum Gasteiger partial charge on any atom is 0.278 e. The van der Waals surface area contributed by atoms with Gasteiger partial charge in [0.1, 0.15) is 5.70 Å². The predicted molar refractivity (Wildman–Crippen MR) is 102 cm³/mol. The fourth-order valence-electron chi connectivity index (χ4n) is 4.28. The predicted octanol–water partition coefficient (Wildman–Crippen LogP) is 3.27. The van der Waals surface area contributed by atoms with E-state index in [1.165, 1.54) is 30.6 Å². The first-order chi connectivity index (χ1) is 12.8. The van der Waals surface area contributed by atoms with E-state index in [1.807, 2.05) is 17.5 Å². The highest BCUT2D eigenvalue weighted by Gasteiger charge is 2.45. The molecule has 0 aromatic carbocycles. The molecule has 0 unspecified atom stereocenters. The van der Waals surface area contributed by atoms with Gasteiger partial charge in [-0.3, -0.25) is 14.5 Å². The van der Waals surface area contributed by atoms with E-state index in [0.29, 0.717) is 37.6 Å². The number of rotatable bonds is 3. The highest BCUT2D eigenvalue weighted by molar-refractivity contribution is 7.11. The largest absolute Gasteiger partial charge is 0.378 e. The van der Waals surface area contributed by atoms with Crippen LogP contribution in [0.2, 0.25) is 0 Å². The molecule has 3 aliphatic rings. The summed E-state index contributed by atoms with van der Waals surface area (Å²) < 4.78 is 5.45. The van der Waals surface area contributed by atoms with E-state index in [0.717, 1.165) is 30.6 Å². The van der Waals surface area contributed by atoms with Gasteiger partial charge in [0.05, 0.1) is 18.8 Å². The van der Waals surface area contributed by atoms with Gasteiger partial charge in [-0.05, 0) is 24.3 Å². The van der Waals surface area contributed by atoms with Gasteiger partial charge in [0.2, 0.25) is 0 Å². The summed E-state index contributed by atoms with van der Waals surface area (Å²) >= 11 is 1.53. The number of hydrogen-bond donors (Lipinski definition) is 0. The minimum absolute atomic E-state index is 0.0452. The Hall–Kier alpha value is -1.66. The van der Waals surface area contributed by atoms with Crippen molar-refractivity contribution in [3.63, 3.8) is 0 Å². The summed E-state index contributed by atoms with van der Waals surface area (Å²) in [6, 6.07) is 3.94. The molecule has 6 heteroatoms. The lowest BCUT2D eigenvalue weighted by Crippen LogP contribution is -2.44. The molecule has 1 saturated carbocycles. The fourth-order valence-corrected chi connectivity index (χ4v) is 5.05. The molecule has 26 heavy (non-hydrogen) atoms. The van der Waals surface area contributed by atoms with Crippen molar-refractivity contribution in [1.29, 1.82) is 0 Å². The van der Waals surface area contributed by atoms with Gasteiger partial charge >= 0.3 is 0 Å². The Morgan fingerprint density at radius 3 is 2.31 bits per heavy atom. The van der Waals surface area contributed by atoms with Crippen LogP contribution >= 0.6 is 11.3 Å². The summed E-state index contributed by atoms with van der Waals surface area (Å²) in [5, 5.41) is 1.97. The Bertz CT molecular complexity index is 684. The van der Waals surface area contributed by atoms with Gasteiger partial charge in [-0.2, -0.15) is 0 Å². The molecule has 2 amide bonds. The minimum atomic E-state index is -0.0930.